The van der Waals surface area contributed by atoms with Crippen LogP contribution in [0.3, 0.4) is 0 Å². The third-order valence-electron chi connectivity index (χ3n) is 2.97. The van der Waals surface area contributed by atoms with Crippen molar-refractivity contribution in [2.45, 2.75) is 33.2 Å². The van der Waals surface area contributed by atoms with Gasteiger partial charge in [0.15, 0.2) is 0 Å². The van der Waals surface area contributed by atoms with Gasteiger partial charge in [0.1, 0.15) is 12.3 Å². The summed E-state index contributed by atoms with van der Waals surface area (Å²) in [5.41, 5.74) is 0.501. The van der Waals surface area contributed by atoms with Gasteiger partial charge in [-0.3, -0.25) is 9.59 Å². The summed E-state index contributed by atoms with van der Waals surface area (Å²) in [4.78, 5) is 25.4. The number of carbonyl (C=O) groups is 2. The highest BCUT2D eigenvalue weighted by molar-refractivity contribution is 5.96. The summed E-state index contributed by atoms with van der Waals surface area (Å²) in [5, 5.41) is 0. The van der Waals surface area contributed by atoms with Gasteiger partial charge in [-0.05, 0) is 38.5 Å². The minimum atomic E-state index is -0.435. The van der Waals surface area contributed by atoms with Crippen molar-refractivity contribution in [2.75, 3.05) is 20.3 Å². The number of ether oxygens (including phenoxy) is 2. The lowest BCUT2D eigenvalue weighted by Crippen LogP contribution is -2.41. The number of esters is 1. The van der Waals surface area contributed by atoms with E-state index in [9.17, 15) is 9.59 Å². The Morgan fingerprint density at radius 2 is 2.00 bits per heavy atom. The van der Waals surface area contributed by atoms with E-state index in [0.717, 1.165) is 6.42 Å². The fourth-order valence-electron chi connectivity index (χ4n) is 1.80. The predicted molar refractivity (Wildman–Crippen MR) is 80.4 cm³/mol. The summed E-state index contributed by atoms with van der Waals surface area (Å²) in [5.74, 6) is 0.0114. The third kappa shape index (κ3) is 5.10. The van der Waals surface area contributed by atoms with E-state index in [-0.39, 0.29) is 18.5 Å². The van der Waals surface area contributed by atoms with E-state index in [1.807, 2.05) is 26.8 Å². The van der Waals surface area contributed by atoms with Crippen LogP contribution in [-0.2, 0) is 9.53 Å². The lowest BCUT2D eigenvalue weighted by Gasteiger charge is -2.25. The number of nitrogens with zero attached hydrogens (tertiary/aromatic N) is 1. The molecule has 0 aliphatic carbocycles. The number of hydrogen-bond donors (Lipinski definition) is 0. The first-order valence-corrected chi connectivity index (χ1v) is 7.10. The molecule has 0 aliphatic rings. The topological polar surface area (TPSA) is 55.8 Å². The van der Waals surface area contributed by atoms with Crippen LogP contribution in [0.15, 0.2) is 24.3 Å². The smallest absolute Gasteiger partial charge is 0.325 e. The Balaban J connectivity index is 2.90. The Kier molecular flexibility index (Phi) is 6.72. The van der Waals surface area contributed by atoms with Crippen LogP contribution in [0, 0.1) is 0 Å². The minimum absolute atomic E-state index is 0.0625. The van der Waals surface area contributed by atoms with Crippen molar-refractivity contribution >= 4 is 11.9 Å². The molecule has 1 amide bonds. The molecule has 0 atom stereocenters. The van der Waals surface area contributed by atoms with E-state index < -0.39 is 5.97 Å². The van der Waals surface area contributed by atoms with Crippen LogP contribution in [-0.4, -0.2) is 43.1 Å². The van der Waals surface area contributed by atoms with E-state index in [1.54, 1.807) is 18.2 Å². The zero-order valence-electron chi connectivity index (χ0n) is 13.1. The lowest BCUT2D eigenvalue weighted by molar-refractivity contribution is -0.141. The van der Waals surface area contributed by atoms with Crippen LogP contribution in [0.4, 0.5) is 0 Å². The molecule has 1 rings (SSSR count). The third-order valence-corrected chi connectivity index (χ3v) is 2.97. The van der Waals surface area contributed by atoms with Crippen LogP contribution in [0.2, 0.25) is 0 Å². The first kappa shape index (κ1) is 17.0. The molecule has 5 nitrogen and oxygen atoms in total. The van der Waals surface area contributed by atoms with Gasteiger partial charge >= 0.3 is 5.97 Å². The first-order valence-electron chi connectivity index (χ1n) is 7.10. The molecule has 1 aromatic carbocycles. The second kappa shape index (κ2) is 8.29. The Morgan fingerprint density at radius 1 is 1.29 bits per heavy atom. The standard InChI is InChI=1S/C16H23NO4/c1-5-9-21-14-8-6-7-13(10-14)16(19)17(12(2)3)11-15(18)20-4/h6-8,10,12H,5,9,11H2,1-4H3. The molecule has 0 saturated carbocycles. The highest BCUT2D eigenvalue weighted by atomic mass is 16.5. The summed E-state index contributed by atoms with van der Waals surface area (Å²) in [6, 6.07) is 6.90. The van der Waals surface area contributed by atoms with Gasteiger partial charge in [-0.1, -0.05) is 13.0 Å². The molecule has 116 valence electrons. The van der Waals surface area contributed by atoms with Crippen molar-refractivity contribution in [3.63, 3.8) is 0 Å². The van der Waals surface area contributed by atoms with E-state index in [4.69, 9.17) is 4.74 Å². The summed E-state index contributed by atoms with van der Waals surface area (Å²) in [6.07, 6.45) is 0.901. The molecule has 0 aromatic heterocycles. The van der Waals surface area contributed by atoms with Gasteiger partial charge in [-0.2, -0.15) is 0 Å². The quantitative estimate of drug-likeness (QED) is 0.725. The van der Waals surface area contributed by atoms with Crippen LogP contribution in [0.25, 0.3) is 0 Å². The monoisotopic (exact) mass is 293 g/mol. The van der Waals surface area contributed by atoms with Gasteiger partial charge < -0.3 is 14.4 Å². The Labute approximate surface area is 125 Å². The van der Waals surface area contributed by atoms with Gasteiger partial charge in [0.05, 0.1) is 13.7 Å². The van der Waals surface area contributed by atoms with Gasteiger partial charge in [-0.25, -0.2) is 0 Å². The summed E-state index contributed by atoms with van der Waals surface area (Å²) in [7, 11) is 1.31. The van der Waals surface area contributed by atoms with Crippen LogP contribution in [0.5, 0.6) is 5.75 Å². The zero-order valence-corrected chi connectivity index (χ0v) is 13.1. The molecule has 5 heteroatoms. The highest BCUT2D eigenvalue weighted by Crippen LogP contribution is 2.16. The number of amides is 1. The average Bonchev–Trinajstić information content (AvgIpc) is 2.49. The number of carbonyl (C=O) groups excluding carboxylic acids is 2. The molecule has 0 radical (unpaired) electrons. The summed E-state index contributed by atoms with van der Waals surface area (Å²) < 4.78 is 10.2. The fraction of sp³-hybridized carbons (Fsp3) is 0.500. The Hall–Kier alpha value is -2.04. The second-order valence-electron chi connectivity index (χ2n) is 4.98. The molecule has 0 unspecified atom stereocenters. The molecule has 0 saturated heterocycles. The van der Waals surface area contributed by atoms with Crippen molar-refractivity contribution in [1.82, 2.24) is 4.90 Å². The van der Waals surface area contributed by atoms with Crippen LogP contribution in [0.1, 0.15) is 37.6 Å². The maximum absolute atomic E-state index is 12.5. The van der Waals surface area contributed by atoms with Crippen molar-refractivity contribution in [2.24, 2.45) is 0 Å². The van der Waals surface area contributed by atoms with Crippen molar-refractivity contribution in [3.05, 3.63) is 29.8 Å². The maximum atomic E-state index is 12.5. The van der Waals surface area contributed by atoms with Crippen LogP contribution < -0.4 is 4.74 Å². The van der Waals surface area contributed by atoms with E-state index in [2.05, 4.69) is 4.74 Å². The molecule has 0 heterocycles. The zero-order chi connectivity index (χ0) is 15.8. The Morgan fingerprint density at radius 3 is 2.57 bits per heavy atom. The number of benzene rings is 1. The minimum Gasteiger partial charge on any atom is -0.494 e. The van der Waals surface area contributed by atoms with E-state index in [0.29, 0.717) is 17.9 Å². The molecule has 0 bridgehead atoms. The van der Waals surface area contributed by atoms with Gasteiger partial charge in [0.2, 0.25) is 0 Å². The molecule has 0 N–H and O–H groups in total. The van der Waals surface area contributed by atoms with Crippen molar-refractivity contribution in [1.29, 1.82) is 0 Å². The molecule has 0 aliphatic heterocycles. The van der Waals surface area contributed by atoms with Gasteiger partial charge in [0, 0.05) is 11.6 Å². The number of hydrogen-bond acceptors (Lipinski definition) is 4. The van der Waals surface area contributed by atoms with Crippen molar-refractivity contribution in [3.8, 4) is 5.75 Å². The molecule has 0 spiro atoms. The molecular formula is C16H23NO4. The van der Waals surface area contributed by atoms with Crippen molar-refractivity contribution < 1.29 is 19.1 Å². The fourth-order valence-corrected chi connectivity index (χ4v) is 1.80. The van der Waals surface area contributed by atoms with Gasteiger partial charge in [0.25, 0.3) is 5.91 Å². The largest absolute Gasteiger partial charge is 0.494 e. The molecule has 0 fully saturated rings. The average molecular weight is 293 g/mol. The Bertz CT molecular complexity index is 485. The summed E-state index contributed by atoms with van der Waals surface area (Å²) in [6.45, 7) is 6.28. The SMILES string of the molecule is CCCOc1cccc(C(=O)N(CC(=O)OC)C(C)C)c1. The van der Waals surface area contributed by atoms with E-state index in [1.165, 1.54) is 12.0 Å². The lowest BCUT2D eigenvalue weighted by atomic mass is 10.1. The normalized spacial score (nSPS) is 10.3. The summed E-state index contributed by atoms with van der Waals surface area (Å²) >= 11 is 0. The van der Waals surface area contributed by atoms with E-state index >= 15 is 0 Å². The van der Waals surface area contributed by atoms with Crippen LogP contribution >= 0.6 is 0 Å². The second-order valence-corrected chi connectivity index (χ2v) is 4.98. The highest BCUT2D eigenvalue weighted by Gasteiger charge is 2.22. The molecule has 21 heavy (non-hydrogen) atoms. The number of methoxy groups -OCH3 is 1. The first-order chi connectivity index (χ1) is 9.99. The number of rotatable bonds is 7. The molecular weight excluding hydrogens is 270 g/mol. The van der Waals surface area contributed by atoms with Gasteiger partial charge in [-0.15, -0.1) is 0 Å². The maximum Gasteiger partial charge on any atom is 0.325 e. The predicted octanol–water partition coefficient (Wildman–Crippen LogP) is 2.50. The molecule has 1 aromatic rings.